The molecule has 0 amide bonds. The first-order chi connectivity index (χ1) is 8.19. The van der Waals surface area contributed by atoms with Crippen LogP contribution in [-0.4, -0.2) is 0 Å². The van der Waals surface area contributed by atoms with E-state index in [9.17, 15) is 0 Å². The average molecular weight is 221 g/mol. The monoisotopic (exact) mass is 221 g/mol. The summed E-state index contributed by atoms with van der Waals surface area (Å²) in [6, 6.07) is 16.5. The summed E-state index contributed by atoms with van der Waals surface area (Å²) in [7, 11) is 0. The lowest BCUT2D eigenvalue weighted by molar-refractivity contribution is 1.15. The van der Waals surface area contributed by atoms with Gasteiger partial charge in [-0.3, -0.25) is 0 Å². The number of nitrogens with zero attached hydrogens (tertiary/aromatic N) is 1. The van der Waals surface area contributed by atoms with Gasteiger partial charge in [0.05, 0.1) is 11.6 Å². The van der Waals surface area contributed by atoms with Crippen LogP contribution in [0.3, 0.4) is 0 Å². The van der Waals surface area contributed by atoms with E-state index in [4.69, 9.17) is 5.26 Å². The quantitative estimate of drug-likeness (QED) is 0.757. The Morgan fingerprint density at radius 3 is 2.29 bits per heavy atom. The summed E-state index contributed by atoms with van der Waals surface area (Å²) in [4.78, 5) is 0. The summed E-state index contributed by atoms with van der Waals surface area (Å²) < 4.78 is 0. The predicted molar refractivity (Wildman–Crippen MR) is 69.9 cm³/mol. The van der Waals surface area contributed by atoms with Crippen LogP contribution < -0.4 is 0 Å². The van der Waals surface area contributed by atoms with Gasteiger partial charge in [-0.25, -0.2) is 0 Å². The van der Waals surface area contributed by atoms with Gasteiger partial charge in [-0.1, -0.05) is 35.9 Å². The normalized spacial score (nSPS) is 9.94. The molecule has 0 heterocycles. The molecule has 1 heteroatoms. The maximum absolute atomic E-state index is 8.74. The summed E-state index contributed by atoms with van der Waals surface area (Å²) in [6.07, 6.45) is 0.928. The second kappa shape index (κ2) is 4.84. The summed E-state index contributed by atoms with van der Waals surface area (Å²) in [5.74, 6) is 0. The number of hydrogen-bond acceptors (Lipinski definition) is 1. The minimum absolute atomic E-state index is 0.717. The van der Waals surface area contributed by atoms with Crippen LogP contribution in [0.1, 0.15) is 27.8 Å². The molecule has 0 unspecified atom stereocenters. The minimum Gasteiger partial charge on any atom is -0.192 e. The molecule has 0 bridgehead atoms. The highest BCUT2D eigenvalue weighted by molar-refractivity contribution is 5.37. The number of nitriles is 1. The van der Waals surface area contributed by atoms with Gasteiger partial charge >= 0.3 is 0 Å². The summed E-state index contributed by atoms with van der Waals surface area (Å²) in [5, 5.41) is 8.74. The first kappa shape index (κ1) is 11.4. The van der Waals surface area contributed by atoms with Crippen LogP contribution in [0.4, 0.5) is 0 Å². The van der Waals surface area contributed by atoms with Crippen molar-refractivity contribution in [3.05, 3.63) is 70.3 Å². The van der Waals surface area contributed by atoms with Crippen molar-refractivity contribution in [2.45, 2.75) is 20.3 Å². The van der Waals surface area contributed by atoms with Gasteiger partial charge in [0.1, 0.15) is 0 Å². The maximum atomic E-state index is 8.74. The number of hydrogen-bond donors (Lipinski definition) is 0. The van der Waals surface area contributed by atoms with Crippen LogP contribution in [0, 0.1) is 25.2 Å². The van der Waals surface area contributed by atoms with Crippen molar-refractivity contribution < 1.29 is 0 Å². The van der Waals surface area contributed by atoms with Crippen molar-refractivity contribution in [3.8, 4) is 6.07 Å². The van der Waals surface area contributed by atoms with Gasteiger partial charge in [0.15, 0.2) is 0 Å². The molecule has 0 aliphatic carbocycles. The third-order valence-electron chi connectivity index (χ3n) is 2.98. The van der Waals surface area contributed by atoms with Crippen molar-refractivity contribution >= 4 is 0 Å². The third-order valence-corrected chi connectivity index (χ3v) is 2.98. The molecule has 0 fully saturated rings. The van der Waals surface area contributed by atoms with Crippen LogP contribution in [0.15, 0.2) is 42.5 Å². The van der Waals surface area contributed by atoms with Gasteiger partial charge in [0, 0.05) is 0 Å². The lowest BCUT2D eigenvalue weighted by atomic mass is 9.98. The molecule has 0 N–H and O–H groups in total. The molecule has 1 nitrogen and oxygen atoms in total. The second-order valence-electron chi connectivity index (χ2n) is 4.42. The molecule has 0 spiro atoms. The molecule has 0 saturated carbocycles. The number of aryl methyl sites for hydroxylation is 2. The van der Waals surface area contributed by atoms with Crippen molar-refractivity contribution in [2.24, 2.45) is 0 Å². The second-order valence-corrected chi connectivity index (χ2v) is 4.42. The molecule has 2 aromatic carbocycles. The van der Waals surface area contributed by atoms with E-state index in [2.05, 4.69) is 38.1 Å². The molecule has 2 rings (SSSR count). The van der Waals surface area contributed by atoms with Gasteiger partial charge < -0.3 is 0 Å². The largest absolute Gasteiger partial charge is 0.192 e. The van der Waals surface area contributed by atoms with Crippen molar-refractivity contribution in [1.82, 2.24) is 0 Å². The predicted octanol–water partition coefficient (Wildman–Crippen LogP) is 3.77. The Kier molecular flexibility index (Phi) is 3.25. The molecule has 0 aliphatic heterocycles. The highest BCUT2D eigenvalue weighted by atomic mass is 14.2. The lowest BCUT2D eigenvalue weighted by Gasteiger charge is -2.07. The van der Waals surface area contributed by atoms with Crippen molar-refractivity contribution in [1.29, 1.82) is 5.26 Å². The van der Waals surface area contributed by atoms with Crippen LogP contribution in [0.25, 0.3) is 0 Å². The van der Waals surface area contributed by atoms with Gasteiger partial charge in [-0.05, 0) is 49.1 Å². The average Bonchev–Trinajstić information content (AvgIpc) is 2.34. The SMILES string of the molecule is Cc1ccc(Cc2ccc(C#N)cc2)c(C)c1. The molecule has 0 radical (unpaired) electrons. The standard InChI is InChI=1S/C16H15N/c1-12-3-8-16(13(2)9-12)10-14-4-6-15(11-17)7-5-14/h3-9H,10H2,1-2H3. The van der Waals surface area contributed by atoms with E-state index in [1.54, 1.807) is 0 Å². The van der Waals surface area contributed by atoms with Crippen LogP contribution >= 0.6 is 0 Å². The number of rotatable bonds is 2. The molecule has 2 aromatic rings. The van der Waals surface area contributed by atoms with E-state index in [0.717, 1.165) is 12.0 Å². The lowest BCUT2D eigenvalue weighted by Crippen LogP contribution is -1.92. The third kappa shape index (κ3) is 2.73. The molecule has 0 aromatic heterocycles. The Balaban J connectivity index is 2.23. The van der Waals surface area contributed by atoms with E-state index >= 15 is 0 Å². The fourth-order valence-corrected chi connectivity index (χ4v) is 1.96. The maximum Gasteiger partial charge on any atom is 0.0991 e. The van der Waals surface area contributed by atoms with Gasteiger partial charge in [-0.15, -0.1) is 0 Å². The molecule has 0 saturated heterocycles. The smallest absolute Gasteiger partial charge is 0.0991 e. The summed E-state index contributed by atoms with van der Waals surface area (Å²) in [5.41, 5.74) is 5.94. The zero-order chi connectivity index (χ0) is 12.3. The van der Waals surface area contributed by atoms with Gasteiger partial charge in [0.25, 0.3) is 0 Å². The Labute approximate surface area is 102 Å². The van der Waals surface area contributed by atoms with Gasteiger partial charge in [-0.2, -0.15) is 5.26 Å². The minimum atomic E-state index is 0.717. The highest BCUT2D eigenvalue weighted by Crippen LogP contribution is 2.15. The van der Waals surface area contributed by atoms with E-state index in [1.165, 1.54) is 22.3 Å². The Bertz CT molecular complexity index is 559. The van der Waals surface area contributed by atoms with Crippen molar-refractivity contribution in [3.63, 3.8) is 0 Å². The van der Waals surface area contributed by atoms with Crippen molar-refractivity contribution in [2.75, 3.05) is 0 Å². The molecular formula is C16H15N. The van der Waals surface area contributed by atoms with E-state index < -0.39 is 0 Å². The zero-order valence-electron chi connectivity index (χ0n) is 10.2. The zero-order valence-corrected chi connectivity index (χ0v) is 10.2. The van der Waals surface area contributed by atoms with Crippen LogP contribution in [0.2, 0.25) is 0 Å². The molecule has 0 aliphatic rings. The fraction of sp³-hybridized carbons (Fsp3) is 0.188. The summed E-state index contributed by atoms with van der Waals surface area (Å²) >= 11 is 0. The van der Waals surface area contributed by atoms with E-state index in [0.29, 0.717) is 0 Å². The van der Waals surface area contributed by atoms with E-state index in [-0.39, 0.29) is 0 Å². The van der Waals surface area contributed by atoms with Gasteiger partial charge in [0.2, 0.25) is 0 Å². The number of benzene rings is 2. The topological polar surface area (TPSA) is 23.8 Å². The van der Waals surface area contributed by atoms with Crippen LogP contribution in [-0.2, 0) is 6.42 Å². The Morgan fingerprint density at radius 2 is 1.71 bits per heavy atom. The molecular weight excluding hydrogens is 206 g/mol. The first-order valence-corrected chi connectivity index (χ1v) is 5.74. The van der Waals surface area contributed by atoms with Crippen LogP contribution in [0.5, 0.6) is 0 Å². The Hall–Kier alpha value is -2.07. The van der Waals surface area contributed by atoms with E-state index in [1.807, 2.05) is 24.3 Å². The molecule has 17 heavy (non-hydrogen) atoms. The Morgan fingerprint density at radius 1 is 1.00 bits per heavy atom. The fourth-order valence-electron chi connectivity index (χ4n) is 1.96. The molecule has 0 atom stereocenters. The molecule has 84 valence electrons. The summed E-state index contributed by atoms with van der Waals surface area (Å²) in [6.45, 7) is 4.25. The first-order valence-electron chi connectivity index (χ1n) is 5.74. The highest BCUT2D eigenvalue weighted by Gasteiger charge is 2.00.